The molecule has 0 spiro atoms. The van der Waals surface area contributed by atoms with Crippen LogP contribution in [0, 0.1) is 25.7 Å². The molecule has 3 unspecified atom stereocenters. The number of hydrogen-bond acceptors (Lipinski definition) is 7. The van der Waals surface area contributed by atoms with Crippen molar-refractivity contribution < 1.29 is 14.3 Å². The minimum atomic E-state index is -0.166. The largest absolute Gasteiger partial charge is 0.473 e. The molecule has 6 rings (SSSR count). The van der Waals surface area contributed by atoms with Gasteiger partial charge in [0.2, 0.25) is 0 Å². The molecule has 35 heavy (non-hydrogen) atoms. The number of methoxy groups -OCH3 is 1. The van der Waals surface area contributed by atoms with Crippen LogP contribution in [-0.4, -0.2) is 57.3 Å². The number of ether oxygens (including phenoxy) is 1. The Kier molecular flexibility index (Phi) is 5.37. The van der Waals surface area contributed by atoms with E-state index in [9.17, 15) is 9.59 Å². The first kappa shape index (κ1) is 22.2. The summed E-state index contributed by atoms with van der Waals surface area (Å²) >= 11 is 2.88. The molecule has 2 amide bonds. The van der Waals surface area contributed by atoms with E-state index in [0.717, 1.165) is 27.4 Å². The summed E-state index contributed by atoms with van der Waals surface area (Å²) in [5.74, 6) is 0.632. The number of amides is 2. The van der Waals surface area contributed by atoms with Gasteiger partial charge in [0.1, 0.15) is 5.69 Å². The number of likely N-dealkylation sites (tertiary alicyclic amines) is 1. The molecular formula is C25H25N5O3S2. The number of carbonyl (C=O) groups is 2. The molecule has 0 bridgehead atoms. The molecule has 1 aliphatic carbocycles. The number of hydrogen-bond donors (Lipinski definition) is 1. The Morgan fingerprint density at radius 1 is 1.26 bits per heavy atom. The molecule has 1 aromatic carbocycles. The highest BCUT2D eigenvalue weighted by Gasteiger charge is 2.54. The quantitative estimate of drug-likeness (QED) is 0.426. The van der Waals surface area contributed by atoms with Crippen LogP contribution in [0.4, 0.5) is 0 Å². The third-order valence-electron chi connectivity index (χ3n) is 6.95. The van der Waals surface area contributed by atoms with E-state index in [1.807, 2.05) is 52.9 Å². The molecule has 2 aliphatic rings. The minimum Gasteiger partial charge on any atom is -0.473 e. The first-order chi connectivity index (χ1) is 16.9. The molecule has 1 aliphatic heterocycles. The van der Waals surface area contributed by atoms with Gasteiger partial charge in [-0.05, 0) is 37.7 Å². The maximum atomic E-state index is 13.8. The summed E-state index contributed by atoms with van der Waals surface area (Å²) in [4.78, 5) is 39.4. The van der Waals surface area contributed by atoms with Crippen LogP contribution in [0.2, 0.25) is 0 Å². The molecule has 2 fully saturated rings. The van der Waals surface area contributed by atoms with Crippen LogP contribution >= 0.6 is 22.7 Å². The summed E-state index contributed by atoms with van der Waals surface area (Å²) in [6, 6.07) is 8.01. The molecule has 10 heteroatoms. The molecule has 0 radical (unpaired) electrons. The number of nitrogens with one attached hydrogen (secondary N) is 1. The van der Waals surface area contributed by atoms with Gasteiger partial charge in [0.05, 0.1) is 23.7 Å². The van der Waals surface area contributed by atoms with Crippen molar-refractivity contribution in [2.75, 3.05) is 20.2 Å². The number of imidazole rings is 1. The second-order valence-electron chi connectivity index (χ2n) is 9.23. The zero-order valence-corrected chi connectivity index (χ0v) is 21.3. The fourth-order valence-corrected chi connectivity index (χ4v) is 6.79. The maximum absolute atomic E-state index is 13.8. The highest BCUT2D eigenvalue weighted by atomic mass is 32.1. The van der Waals surface area contributed by atoms with E-state index in [2.05, 4.69) is 21.4 Å². The molecule has 1 N–H and O–H groups in total. The molecule has 4 aromatic rings. The highest BCUT2D eigenvalue weighted by Crippen LogP contribution is 2.50. The summed E-state index contributed by atoms with van der Waals surface area (Å²) < 4.78 is 7.21. The van der Waals surface area contributed by atoms with Crippen molar-refractivity contribution in [3.8, 4) is 15.6 Å². The van der Waals surface area contributed by atoms with Crippen molar-refractivity contribution >= 4 is 39.4 Å². The third-order valence-corrected chi connectivity index (χ3v) is 8.77. The normalized spacial score (nSPS) is 20.8. The van der Waals surface area contributed by atoms with Crippen molar-refractivity contribution in [3.05, 3.63) is 58.5 Å². The number of nitrogens with zero attached hydrogens (tertiary/aromatic N) is 4. The number of piperidine rings is 1. The lowest BCUT2D eigenvalue weighted by Gasteiger charge is -2.27. The van der Waals surface area contributed by atoms with Gasteiger partial charge in [0, 0.05) is 24.7 Å². The average Bonchev–Trinajstić information content (AvgIpc) is 3.21. The van der Waals surface area contributed by atoms with E-state index in [0.29, 0.717) is 47.2 Å². The van der Waals surface area contributed by atoms with Crippen LogP contribution in [0.1, 0.15) is 38.7 Å². The predicted molar refractivity (Wildman–Crippen MR) is 135 cm³/mol. The molecule has 3 aromatic heterocycles. The monoisotopic (exact) mass is 507 g/mol. The van der Waals surface area contributed by atoms with Gasteiger partial charge in [-0.25, -0.2) is 4.98 Å². The Bertz CT molecular complexity index is 1450. The van der Waals surface area contributed by atoms with Crippen LogP contribution < -0.4 is 10.1 Å². The summed E-state index contributed by atoms with van der Waals surface area (Å²) in [7, 11) is 1.57. The second kappa shape index (κ2) is 8.46. The SMILES string of the molecule is COc1nc(C(=O)N2CC3CC3C2CNC(=O)c2c(C)nc3sccn23)c(-c2cccc(C)c2)s1. The fourth-order valence-electron chi connectivity index (χ4n) is 5.17. The topological polar surface area (TPSA) is 88.8 Å². The number of aryl methyl sites for hydroxylation is 2. The number of rotatable bonds is 6. The van der Waals surface area contributed by atoms with Crippen LogP contribution in [0.25, 0.3) is 15.4 Å². The van der Waals surface area contributed by atoms with E-state index in [1.54, 1.807) is 7.11 Å². The third kappa shape index (κ3) is 3.81. The molecule has 1 saturated heterocycles. The Hall–Kier alpha value is -3.24. The highest BCUT2D eigenvalue weighted by molar-refractivity contribution is 7.17. The Balaban J connectivity index is 1.25. The number of carbonyl (C=O) groups excluding carboxylic acids is 2. The summed E-state index contributed by atoms with van der Waals surface area (Å²) in [6.07, 6.45) is 2.95. The lowest BCUT2D eigenvalue weighted by Crippen LogP contribution is -2.46. The van der Waals surface area contributed by atoms with E-state index < -0.39 is 0 Å². The zero-order valence-electron chi connectivity index (χ0n) is 19.6. The van der Waals surface area contributed by atoms with E-state index in [1.165, 1.54) is 22.7 Å². The van der Waals surface area contributed by atoms with Gasteiger partial charge in [0.15, 0.2) is 10.7 Å². The number of aromatic nitrogens is 3. The van der Waals surface area contributed by atoms with Gasteiger partial charge in [-0.1, -0.05) is 41.2 Å². The van der Waals surface area contributed by atoms with Crippen molar-refractivity contribution in [1.82, 2.24) is 24.6 Å². The Morgan fingerprint density at radius 3 is 2.91 bits per heavy atom. The van der Waals surface area contributed by atoms with Gasteiger partial charge in [-0.15, -0.1) is 11.3 Å². The zero-order chi connectivity index (χ0) is 24.3. The van der Waals surface area contributed by atoms with Crippen molar-refractivity contribution in [2.45, 2.75) is 26.3 Å². The van der Waals surface area contributed by atoms with Crippen LogP contribution in [0.3, 0.4) is 0 Å². The fraction of sp³-hybridized carbons (Fsp3) is 0.360. The summed E-state index contributed by atoms with van der Waals surface area (Å²) in [5, 5.41) is 5.46. The number of benzene rings is 1. The molecular weight excluding hydrogens is 482 g/mol. The lowest BCUT2D eigenvalue weighted by atomic mass is 10.1. The van der Waals surface area contributed by atoms with Crippen molar-refractivity contribution in [3.63, 3.8) is 0 Å². The van der Waals surface area contributed by atoms with Gasteiger partial charge in [-0.3, -0.25) is 14.0 Å². The van der Waals surface area contributed by atoms with Crippen LogP contribution in [-0.2, 0) is 0 Å². The number of fused-ring (bicyclic) bond motifs is 2. The standard InChI is InChI=1S/C25H25N5O3S2/c1-13-5-4-6-15(9-13)21-19(28-25(33-3)35-21)23(32)30-12-16-10-17(16)18(30)11-26-22(31)20-14(2)27-24-29(20)7-8-34-24/h4-9,16-18H,10-12H2,1-3H3,(H,26,31). The molecule has 4 heterocycles. The van der Waals surface area contributed by atoms with Crippen molar-refractivity contribution in [2.24, 2.45) is 11.8 Å². The minimum absolute atomic E-state index is 0.0549. The van der Waals surface area contributed by atoms with Gasteiger partial charge < -0.3 is 15.0 Å². The molecule has 8 nitrogen and oxygen atoms in total. The van der Waals surface area contributed by atoms with Crippen molar-refractivity contribution in [1.29, 1.82) is 0 Å². The average molecular weight is 508 g/mol. The maximum Gasteiger partial charge on any atom is 0.274 e. The second-order valence-corrected chi connectivity index (χ2v) is 11.1. The van der Waals surface area contributed by atoms with E-state index in [-0.39, 0.29) is 17.9 Å². The Labute approximate surface area is 210 Å². The Morgan fingerprint density at radius 2 is 2.11 bits per heavy atom. The summed E-state index contributed by atoms with van der Waals surface area (Å²) in [6.45, 7) is 4.97. The first-order valence-corrected chi connectivity index (χ1v) is 13.3. The van der Waals surface area contributed by atoms with Gasteiger partial charge >= 0.3 is 0 Å². The smallest absolute Gasteiger partial charge is 0.274 e. The van der Waals surface area contributed by atoms with Crippen LogP contribution in [0.5, 0.6) is 5.19 Å². The van der Waals surface area contributed by atoms with E-state index in [4.69, 9.17) is 4.74 Å². The lowest BCUT2D eigenvalue weighted by molar-refractivity contribution is 0.0689. The molecule has 3 atom stereocenters. The first-order valence-electron chi connectivity index (χ1n) is 11.6. The molecule has 180 valence electrons. The van der Waals surface area contributed by atoms with Crippen LogP contribution in [0.15, 0.2) is 35.8 Å². The predicted octanol–water partition coefficient (Wildman–Crippen LogP) is 4.04. The van der Waals surface area contributed by atoms with E-state index >= 15 is 0 Å². The molecule has 1 saturated carbocycles. The summed E-state index contributed by atoms with van der Waals surface area (Å²) in [5.41, 5.74) is 3.75. The number of thiazole rings is 2. The van der Waals surface area contributed by atoms with Gasteiger partial charge in [-0.2, -0.15) is 4.98 Å². The van der Waals surface area contributed by atoms with Gasteiger partial charge in [0.25, 0.3) is 17.0 Å².